The first-order valence-corrected chi connectivity index (χ1v) is 8.90. The number of anilines is 2. The molecule has 10 heteroatoms. The van der Waals surface area contributed by atoms with E-state index in [0.717, 1.165) is 11.3 Å². The molecule has 0 radical (unpaired) electrons. The summed E-state index contributed by atoms with van der Waals surface area (Å²) < 4.78 is 6.94. The van der Waals surface area contributed by atoms with Gasteiger partial charge in [-0.05, 0) is 36.0 Å². The van der Waals surface area contributed by atoms with Crippen LogP contribution in [0.3, 0.4) is 0 Å². The second-order valence-corrected chi connectivity index (χ2v) is 6.62. The molecule has 144 valence electrons. The number of nitro benzene ring substituents is 1. The van der Waals surface area contributed by atoms with E-state index in [1.54, 1.807) is 23.1 Å². The molecule has 8 nitrogen and oxygen atoms in total. The molecule has 0 saturated heterocycles. The van der Waals surface area contributed by atoms with Crippen LogP contribution in [0.4, 0.5) is 17.1 Å². The average molecular weight is 418 g/mol. The summed E-state index contributed by atoms with van der Waals surface area (Å²) in [5.74, 6) is 0.322. The van der Waals surface area contributed by atoms with E-state index in [1.807, 2.05) is 24.3 Å². The highest BCUT2D eigenvalue weighted by Gasteiger charge is 2.12. The number of nitrogens with zero attached hydrogens (tertiary/aromatic N) is 3. The number of benzene rings is 2. The van der Waals surface area contributed by atoms with Gasteiger partial charge in [0.25, 0.3) is 5.69 Å². The van der Waals surface area contributed by atoms with E-state index in [4.69, 9.17) is 28.6 Å². The van der Waals surface area contributed by atoms with E-state index in [2.05, 4.69) is 15.7 Å². The van der Waals surface area contributed by atoms with Gasteiger partial charge in [0.1, 0.15) is 5.75 Å². The molecule has 3 aromatic rings. The largest absolute Gasteiger partial charge is 0.494 e. The minimum atomic E-state index is -0.485. The van der Waals surface area contributed by atoms with Gasteiger partial charge in [-0.25, -0.2) is 0 Å². The van der Waals surface area contributed by atoms with Crippen LogP contribution in [0.1, 0.15) is 5.56 Å². The van der Waals surface area contributed by atoms with Crippen LogP contribution in [0.25, 0.3) is 0 Å². The fourth-order valence-corrected chi connectivity index (χ4v) is 2.92. The van der Waals surface area contributed by atoms with Gasteiger partial charge in [-0.2, -0.15) is 5.10 Å². The van der Waals surface area contributed by atoms with Crippen LogP contribution in [0, 0.1) is 10.1 Å². The number of hydrogen-bond acceptors (Lipinski definition) is 5. The summed E-state index contributed by atoms with van der Waals surface area (Å²) in [7, 11) is 1.44. The minimum Gasteiger partial charge on any atom is -0.494 e. The third-order valence-corrected chi connectivity index (χ3v) is 4.17. The van der Waals surface area contributed by atoms with Gasteiger partial charge in [-0.3, -0.25) is 14.8 Å². The van der Waals surface area contributed by atoms with Crippen molar-refractivity contribution in [3.8, 4) is 5.75 Å². The molecule has 28 heavy (non-hydrogen) atoms. The highest BCUT2D eigenvalue weighted by atomic mass is 35.5. The van der Waals surface area contributed by atoms with Crippen molar-refractivity contribution < 1.29 is 9.66 Å². The maximum atomic E-state index is 10.9. The number of thiocarbonyl (C=S) groups is 1. The van der Waals surface area contributed by atoms with Crippen molar-refractivity contribution >= 4 is 46.0 Å². The summed E-state index contributed by atoms with van der Waals surface area (Å²) >= 11 is 11.2. The van der Waals surface area contributed by atoms with Gasteiger partial charge >= 0.3 is 0 Å². The molecule has 1 heterocycles. The average Bonchev–Trinajstić information content (AvgIpc) is 3.06. The first-order chi connectivity index (χ1) is 13.4. The molecular formula is C18H16ClN5O3S. The summed E-state index contributed by atoms with van der Waals surface area (Å²) in [6.45, 7) is 0.568. The molecule has 0 bridgehead atoms. The summed E-state index contributed by atoms with van der Waals surface area (Å²) in [6.07, 6.45) is 3.33. The lowest BCUT2D eigenvalue weighted by molar-refractivity contribution is -0.384. The minimum absolute atomic E-state index is 0.0623. The molecular weight excluding hydrogens is 402 g/mol. The Hall–Kier alpha value is -3.17. The molecule has 0 fully saturated rings. The van der Waals surface area contributed by atoms with Gasteiger partial charge < -0.3 is 15.4 Å². The maximum absolute atomic E-state index is 10.9. The molecule has 0 amide bonds. The Morgan fingerprint density at radius 1 is 1.32 bits per heavy atom. The maximum Gasteiger partial charge on any atom is 0.273 e. The van der Waals surface area contributed by atoms with Gasteiger partial charge in [0, 0.05) is 18.0 Å². The molecule has 0 aliphatic rings. The number of non-ortho nitro benzene ring substituents is 1. The number of nitrogens with one attached hydrogen (secondary N) is 2. The summed E-state index contributed by atoms with van der Waals surface area (Å²) in [6, 6.07) is 11.9. The van der Waals surface area contributed by atoms with Crippen molar-refractivity contribution in [3.05, 3.63) is 75.6 Å². The number of methoxy groups -OCH3 is 1. The van der Waals surface area contributed by atoms with E-state index in [1.165, 1.54) is 19.2 Å². The van der Waals surface area contributed by atoms with Gasteiger partial charge in [-0.15, -0.1) is 0 Å². The van der Waals surface area contributed by atoms with Crippen LogP contribution >= 0.6 is 23.8 Å². The Bertz CT molecular complexity index is 1020. The van der Waals surface area contributed by atoms with Crippen molar-refractivity contribution in [3.63, 3.8) is 0 Å². The Labute approximate surface area is 171 Å². The van der Waals surface area contributed by atoms with Crippen molar-refractivity contribution in [2.45, 2.75) is 6.54 Å². The summed E-state index contributed by atoms with van der Waals surface area (Å²) in [4.78, 5) is 10.4. The second-order valence-electron chi connectivity index (χ2n) is 5.78. The van der Waals surface area contributed by atoms with Gasteiger partial charge in [-0.1, -0.05) is 23.7 Å². The van der Waals surface area contributed by atoms with Gasteiger partial charge in [0.05, 0.1) is 41.6 Å². The smallest absolute Gasteiger partial charge is 0.273 e. The SMILES string of the molecule is COc1cc([N+](=O)[O-])ccc1NC(=S)Nc1cccc(Cn2cc(Cl)cn2)c1. The topological polar surface area (TPSA) is 94.3 Å². The van der Waals surface area contributed by atoms with Crippen LogP contribution < -0.4 is 15.4 Å². The second kappa shape index (κ2) is 8.68. The van der Waals surface area contributed by atoms with Crippen LogP contribution in [-0.2, 0) is 6.54 Å². The number of halogens is 1. The van der Waals surface area contributed by atoms with E-state index in [0.29, 0.717) is 28.1 Å². The third-order valence-electron chi connectivity index (χ3n) is 3.78. The van der Waals surface area contributed by atoms with E-state index in [9.17, 15) is 10.1 Å². The van der Waals surface area contributed by atoms with Gasteiger partial charge in [0.2, 0.25) is 0 Å². The lowest BCUT2D eigenvalue weighted by Crippen LogP contribution is -2.19. The van der Waals surface area contributed by atoms with Crippen LogP contribution in [-0.4, -0.2) is 26.9 Å². The third kappa shape index (κ3) is 4.96. The molecule has 2 aromatic carbocycles. The highest BCUT2D eigenvalue weighted by molar-refractivity contribution is 7.80. The predicted molar refractivity (Wildman–Crippen MR) is 112 cm³/mol. The van der Waals surface area contributed by atoms with Crippen molar-refractivity contribution in [2.24, 2.45) is 0 Å². The Kier molecular flexibility index (Phi) is 6.07. The van der Waals surface area contributed by atoms with E-state index >= 15 is 0 Å². The zero-order valence-corrected chi connectivity index (χ0v) is 16.3. The molecule has 0 saturated carbocycles. The predicted octanol–water partition coefficient (Wildman–Crippen LogP) is 4.31. The highest BCUT2D eigenvalue weighted by Crippen LogP contribution is 2.29. The molecule has 0 atom stereocenters. The zero-order valence-electron chi connectivity index (χ0n) is 14.8. The molecule has 0 aliphatic heterocycles. The Balaban J connectivity index is 1.68. The monoisotopic (exact) mass is 417 g/mol. The van der Waals surface area contributed by atoms with Crippen LogP contribution in [0.5, 0.6) is 5.75 Å². The number of nitro groups is 1. The van der Waals surface area contributed by atoms with Crippen LogP contribution in [0.15, 0.2) is 54.9 Å². The molecule has 0 aliphatic carbocycles. The van der Waals surface area contributed by atoms with Crippen molar-refractivity contribution in [1.29, 1.82) is 0 Å². The molecule has 0 unspecified atom stereocenters. The first kappa shape index (κ1) is 19.6. The Morgan fingerprint density at radius 2 is 2.14 bits per heavy atom. The van der Waals surface area contributed by atoms with E-state index < -0.39 is 4.92 Å². The quantitative estimate of drug-likeness (QED) is 0.350. The van der Waals surface area contributed by atoms with Gasteiger partial charge in [0.15, 0.2) is 5.11 Å². The van der Waals surface area contributed by atoms with Crippen molar-refractivity contribution in [2.75, 3.05) is 17.7 Å². The summed E-state index contributed by atoms with van der Waals surface area (Å²) in [5, 5.41) is 22.0. The Morgan fingerprint density at radius 3 is 2.82 bits per heavy atom. The molecule has 1 aromatic heterocycles. The van der Waals surface area contributed by atoms with Crippen LogP contribution in [0.2, 0.25) is 5.02 Å². The lowest BCUT2D eigenvalue weighted by Gasteiger charge is -2.14. The summed E-state index contributed by atoms with van der Waals surface area (Å²) in [5.41, 5.74) is 2.26. The molecule has 0 spiro atoms. The first-order valence-electron chi connectivity index (χ1n) is 8.12. The molecule has 2 N–H and O–H groups in total. The fourth-order valence-electron chi connectivity index (χ4n) is 2.54. The normalized spacial score (nSPS) is 10.4. The fraction of sp³-hybridized carbons (Fsp3) is 0.111. The van der Waals surface area contributed by atoms with Crippen molar-refractivity contribution in [1.82, 2.24) is 9.78 Å². The number of rotatable bonds is 6. The number of ether oxygens (including phenoxy) is 1. The lowest BCUT2D eigenvalue weighted by atomic mass is 10.2. The molecule has 3 rings (SSSR count). The number of aromatic nitrogens is 2. The standard InChI is InChI=1S/C18H16ClN5O3S/c1-27-17-8-15(24(25)26)5-6-16(17)22-18(28)21-14-4-2-3-12(7-14)10-23-11-13(19)9-20-23/h2-9,11H,10H2,1H3,(H2,21,22,28). The zero-order chi connectivity index (χ0) is 20.1. The van der Waals surface area contributed by atoms with E-state index in [-0.39, 0.29) is 5.69 Å². The number of hydrogen-bond donors (Lipinski definition) is 2.